The first kappa shape index (κ1) is 18.2. The number of sulfonamides is 1. The molecule has 8 nitrogen and oxygen atoms in total. The Labute approximate surface area is 128 Å². The summed E-state index contributed by atoms with van der Waals surface area (Å²) in [5.74, 6) is -0.565. The molecule has 1 rings (SSSR count). The van der Waals surface area contributed by atoms with E-state index in [0.717, 1.165) is 0 Å². The van der Waals surface area contributed by atoms with Gasteiger partial charge in [0.25, 0.3) is 5.91 Å². The summed E-state index contributed by atoms with van der Waals surface area (Å²) in [5, 5.41) is 17.5. The highest BCUT2D eigenvalue weighted by Crippen LogP contribution is 2.23. The molecule has 0 fully saturated rings. The average molecular weight is 333 g/mol. The topological polar surface area (TPSA) is 122 Å². The van der Waals surface area contributed by atoms with Crippen LogP contribution in [0.1, 0.15) is 17.3 Å². The maximum absolute atomic E-state index is 12.0. The number of amides is 1. The van der Waals surface area contributed by atoms with Gasteiger partial charge >= 0.3 is 0 Å². The number of hydrogen-bond donors (Lipinski definition) is 3. The van der Waals surface area contributed by atoms with Gasteiger partial charge < -0.3 is 19.7 Å². The first-order valence-electron chi connectivity index (χ1n) is 6.59. The van der Waals surface area contributed by atoms with E-state index in [1.807, 2.05) is 4.72 Å². The van der Waals surface area contributed by atoms with Crippen molar-refractivity contribution in [3.05, 3.63) is 23.8 Å². The molecule has 1 amide bonds. The Kier molecular flexibility index (Phi) is 7.09. The number of carbonyl (C=O) groups excluding carboxylic acids is 1. The molecule has 0 atom stereocenters. The summed E-state index contributed by atoms with van der Waals surface area (Å²) in [5.41, 5.74) is 0.0282. The highest BCUT2D eigenvalue weighted by Gasteiger charge is 2.16. The second-order valence-electron chi connectivity index (χ2n) is 4.17. The molecule has 0 aliphatic carbocycles. The van der Waals surface area contributed by atoms with E-state index in [9.17, 15) is 13.2 Å². The van der Waals surface area contributed by atoms with Crippen LogP contribution in [-0.2, 0) is 10.0 Å². The Morgan fingerprint density at radius 3 is 2.00 bits per heavy atom. The number of hydrogen-bond acceptors (Lipinski definition) is 7. The lowest BCUT2D eigenvalue weighted by Crippen LogP contribution is -2.31. The monoisotopic (exact) mass is 333 g/mol. The SMILES string of the molecule is CCS(=O)(=O)NC(=O)c1cc(OCCO)cc(OCCO)c1. The van der Waals surface area contributed by atoms with Crippen molar-refractivity contribution in [1.29, 1.82) is 0 Å². The molecular weight excluding hydrogens is 314 g/mol. The number of carbonyl (C=O) groups is 1. The number of ether oxygens (including phenoxy) is 2. The third-order valence-electron chi connectivity index (χ3n) is 2.49. The Bertz CT molecular complexity index is 574. The first-order chi connectivity index (χ1) is 10.4. The normalized spacial score (nSPS) is 11.0. The van der Waals surface area contributed by atoms with E-state index < -0.39 is 15.9 Å². The quantitative estimate of drug-likeness (QED) is 0.557. The molecule has 22 heavy (non-hydrogen) atoms. The summed E-state index contributed by atoms with van der Waals surface area (Å²) in [6.07, 6.45) is 0. The van der Waals surface area contributed by atoms with E-state index in [2.05, 4.69) is 0 Å². The van der Waals surface area contributed by atoms with Gasteiger partial charge in [0.2, 0.25) is 10.0 Å². The number of aliphatic hydroxyl groups is 2. The summed E-state index contributed by atoms with van der Waals surface area (Å²) in [6.45, 7) is 1.00. The fourth-order valence-corrected chi connectivity index (χ4v) is 2.01. The van der Waals surface area contributed by atoms with Crippen LogP contribution in [0.2, 0.25) is 0 Å². The predicted molar refractivity (Wildman–Crippen MR) is 78.5 cm³/mol. The van der Waals surface area contributed by atoms with E-state index in [4.69, 9.17) is 19.7 Å². The first-order valence-corrected chi connectivity index (χ1v) is 8.24. The summed E-state index contributed by atoms with van der Waals surface area (Å²) in [7, 11) is -3.69. The zero-order valence-electron chi connectivity index (χ0n) is 12.1. The van der Waals surface area contributed by atoms with Gasteiger partial charge in [0, 0.05) is 11.6 Å². The van der Waals surface area contributed by atoms with Crippen LogP contribution in [0.15, 0.2) is 18.2 Å². The molecule has 0 aliphatic rings. The van der Waals surface area contributed by atoms with Crippen LogP contribution in [0.4, 0.5) is 0 Å². The second kappa shape index (κ2) is 8.57. The third kappa shape index (κ3) is 5.88. The molecule has 0 spiro atoms. The minimum atomic E-state index is -3.69. The maximum Gasteiger partial charge on any atom is 0.264 e. The van der Waals surface area contributed by atoms with Gasteiger partial charge in [-0.3, -0.25) is 4.79 Å². The Morgan fingerprint density at radius 2 is 1.59 bits per heavy atom. The molecule has 9 heteroatoms. The van der Waals surface area contributed by atoms with E-state index in [0.29, 0.717) is 0 Å². The minimum absolute atomic E-state index is 0.0117. The van der Waals surface area contributed by atoms with E-state index in [-0.39, 0.29) is 49.2 Å². The molecule has 0 heterocycles. The van der Waals surface area contributed by atoms with E-state index in [1.54, 1.807) is 0 Å². The minimum Gasteiger partial charge on any atom is -0.491 e. The second-order valence-corrected chi connectivity index (χ2v) is 6.18. The van der Waals surface area contributed by atoms with Crippen molar-refractivity contribution in [2.75, 3.05) is 32.2 Å². The van der Waals surface area contributed by atoms with Gasteiger partial charge in [0.15, 0.2) is 0 Å². The fraction of sp³-hybridized carbons (Fsp3) is 0.462. The molecule has 0 bridgehead atoms. The van der Waals surface area contributed by atoms with Crippen LogP contribution in [-0.4, -0.2) is 56.7 Å². The third-order valence-corrected chi connectivity index (χ3v) is 3.75. The zero-order chi connectivity index (χ0) is 16.6. The van der Waals surface area contributed by atoms with E-state index in [1.165, 1.54) is 25.1 Å². The number of nitrogens with one attached hydrogen (secondary N) is 1. The molecule has 0 aliphatic heterocycles. The molecular formula is C13H19NO7S. The highest BCUT2D eigenvalue weighted by atomic mass is 32.2. The van der Waals surface area contributed by atoms with Crippen LogP contribution in [0.5, 0.6) is 11.5 Å². The number of rotatable bonds is 9. The van der Waals surface area contributed by atoms with Crippen molar-refractivity contribution in [1.82, 2.24) is 4.72 Å². The van der Waals surface area contributed by atoms with Crippen LogP contribution >= 0.6 is 0 Å². The molecule has 0 saturated carbocycles. The lowest BCUT2D eigenvalue weighted by molar-refractivity contribution is 0.0980. The van der Waals surface area contributed by atoms with Gasteiger partial charge in [0.05, 0.1) is 19.0 Å². The number of aliphatic hydroxyl groups excluding tert-OH is 2. The zero-order valence-corrected chi connectivity index (χ0v) is 12.9. The Balaban J connectivity index is 3.02. The molecule has 0 saturated heterocycles. The Morgan fingerprint density at radius 1 is 1.09 bits per heavy atom. The molecule has 1 aromatic rings. The average Bonchev–Trinajstić information content (AvgIpc) is 2.50. The van der Waals surface area contributed by atoms with Gasteiger partial charge in [-0.1, -0.05) is 0 Å². The lowest BCUT2D eigenvalue weighted by atomic mass is 10.2. The summed E-state index contributed by atoms with van der Waals surface area (Å²) in [4.78, 5) is 12.0. The molecule has 0 aromatic heterocycles. The highest BCUT2D eigenvalue weighted by molar-refractivity contribution is 7.90. The van der Waals surface area contributed by atoms with Crippen molar-refractivity contribution in [2.45, 2.75) is 6.92 Å². The van der Waals surface area contributed by atoms with Gasteiger partial charge in [-0.05, 0) is 19.1 Å². The van der Waals surface area contributed by atoms with Crippen molar-refractivity contribution >= 4 is 15.9 Å². The predicted octanol–water partition coefficient (Wildman–Crippen LogP) is -0.492. The molecule has 1 aromatic carbocycles. The number of benzene rings is 1. The van der Waals surface area contributed by atoms with Gasteiger partial charge in [0.1, 0.15) is 24.7 Å². The molecule has 0 unspecified atom stereocenters. The van der Waals surface area contributed by atoms with Gasteiger partial charge in [-0.25, -0.2) is 13.1 Å². The van der Waals surface area contributed by atoms with Gasteiger partial charge in [-0.2, -0.15) is 0 Å². The molecule has 3 N–H and O–H groups in total. The van der Waals surface area contributed by atoms with Crippen molar-refractivity contribution in [2.24, 2.45) is 0 Å². The summed E-state index contributed by atoms with van der Waals surface area (Å²) >= 11 is 0. The molecule has 124 valence electrons. The van der Waals surface area contributed by atoms with Gasteiger partial charge in [-0.15, -0.1) is 0 Å². The van der Waals surface area contributed by atoms with Crippen LogP contribution in [0, 0.1) is 0 Å². The van der Waals surface area contributed by atoms with Crippen molar-refractivity contribution in [3.63, 3.8) is 0 Å². The van der Waals surface area contributed by atoms with Crippen LogP contribution < -0.4 is 14.2 Å². The van der Waals surface area contributed by atoms with Crippen LogP contribution in [0.25, 0.3) is 0 Å². The van der Waals surface area contributed by atoms with E-state index >= 15 is 0 Å². The summed E-state index contributed by atoms with van der Waals surface area (Å²) in [6, 6.07) is 4.14. The van der Waals surface area contributed by atoms with Crippen molar-refractivity contribution < 1.29 is 32.9 Å². The summed E-state index contributed by atoms with van der Waals surface area (Å²) < 4.78 is 35.2. The standard InChI is InChI=1S/C13H19NO7S/c1-2-22(18,19)14-13(17)10-7-11(20-5-3-15)9-12(8-10)21-6-4-16/h7-9,15-16H,2-6H2,1H3,(H,14,17). The smallest absolute Gasteiger partial charge is 0.264 e. The maximum atomic E-state index is 12.0. The van der Waals surface area contributed by atoms with Crippen LogP contribution in [0.3, 0.4) is 0 Å². The molecule has 0 radical (unpaired) electrons. The fourth-order valence-electron chi connectivity index (χ4n) is 1.47. The Hall–Kier alpha value is -1.84. The van der Waals surface area contributed by atoms with Crippen molar-refractivity contribution in [3.8, 4) is 11.5 Å². The largest absolute Gasteiger partial charge is 0.491 e. The lowest BCUT2D eigenvalue weighted by Gasteiger charge is -2.11.